The molecule has 2 rings (SSSR count). The molecular weight excluding hydrogens is 244 g/mol. The summed E-state index contributed by atoms with van der Waals surface area (Å²) in [6.45, 7) is 5.73. The molecule has 1 N–H and O–H groups in total. The number of hydrogen-bond acceptors (Lipinski definition) is 5. The molecule has 0 bridgehead atoms. The van der Waals surface area contributed by atoms with E-state index in [0.717, 1.165) is 39.0 Å². The Morgan fingerprint density at radius 3 is 2.89 bits per heavy atom. The van der Waals surface area contributed by atoms with Gasteiger partial charge in [0.1, 0.15) is 11.9 Å². The highest BCUT2D eigenvalue weighted by atomic mass is 16.6. The van der Waals surface area contributed by atoms with Crippen LogP contribution in [0.15, 0.2) is 18.3 Å². The van der Waals surface area contributed by atoms with Gasteiger partial charge < -0.3 is 20.3 Å². The number of pyridine rings is 1. The lowest BCUT2D eigenvalue weighted by Crippen LogP contribution is -2.36. The normalized spacial score (nSPS) is 16.3. The topological polar surface area (TPSA) is 71.3 Å². The third kappa shape index (κ3) is 3.41. The first-order valence-electron chi connectivity index (χ1n) is 6.77. The van der Waals surface area contributed by atoms with Crippen LogP contribution in [-0.2, 0) is 0 Å². The van der Waals surface area contributed by atoms with E-state index in [1.165, 1.54) is 6.20 Å². The third-order valence-corrected chi connectivity index (χ3v) is 3.60. The summed E-state index contributed by atoms with van der Waals surface area (Å²) in [7, 11) is 0. The van der Waals surface area contributed by atoms with E-state index in [1.807, 2.05) is 6.92 Å². The van der Waals surface area contributed by atoms with Crippen LogP contribution in [0.3, 0.4) is 0 Å². The van der Waals surface area contributed by atoms with Crippen LogP contribution in [-0.4, -0.2) is 36.1 Å². The molecule has 0 atom stereocenters. The van der Waals surface area contributed by atoms with Crippen molar-refractivity contribution in [3.05, 3.63) is 28.4 Å². The predicted molar refractivity (Wildman–Crippen MR) is 74.4 cm³/mol. The molecule has 1 aliphatic rings. The monoisotopic (exact) mass is 264 g/mol. The molecule has 0 amide bonds. The predicted octanol–water partition coefficient (Wildman–Crippen LogP) is 1.82. The second-order valence-electron chi connectivity index (χ2n) is 4.84. The van der Waals surface area contributed by atoms with Crippen LogP contribution in [0.25, 0.3) is 0 Å². The number of rotatable bonds is 5. The van der Waals surface area contributed by atoms with Gasteiger partial charge in [0.25, 0.3) is 0 Å². The fraction of sp³-hybridized carbons (Fsp3) is 0.615. The highest BCUT2D eigenvalue weighted by Crippen LogP contribution is 2.27. The van der Waals surface area contributed by atoms with Crippen molar-refractivity contribution in [3.63, 3.8) is 0 Å². The molecule has 0 aromatic carbocycles. The summed E-state index contributed by atoms with van der Waals surface area (Å²) in [6.07, 6.45) is 3.73. The summed E-state index contributed by atoms with van der Waals surface area (Å²) in [5.41, 5.74) is 0.633. The molecule has 0 radical (unpaired) electrons. The zero-order valence-corrected chi connectivity index (χ0v) is 11.2. The Balaban J connectivity index is 2.14. The van der Waals surface area contributed by atoms with Crippen molar-refractivity contribution in [1.82, 2.24) is 10.3 Å². The van der Waals surface area contributed by atoms with Crippen LogP contribution in [0.1, 0.15) is 19.8 Å². The fourth-order valence-corrected chi connectivity index (χ4v) is 2.55. The number of piperidine rings is 1. The molecule has 6 heteroatoms. The Labute approximate surface area is 113 Å². The number of aromatic nitrogens is 1. The molecule has 0 spiro atoms. The quantitative estimate of drug-likeness (QED) is 0.648. The molecule has 19 heavy (non-hydrogen) atoms. The minimum Gasteiger partial charge on any atom is -0.365 e. The Morgan fingerprint density at radius 1 is 1.53 bits per heavy atom. The highest BCUT2D eigenvalue weighted by molar-refractivity contribution is 5.58. The second-order valence-corrected chi connectivity index (χ2v) is 4.84. The molecule has 1 aromatic rings. The van der Waals surface area contributed by atoms with Gasteiger partial charge in [0, 0.05) is 13.1 Å². The maximum atomic E-state index is 11.0. The van der Waals surface area contributed by atoms with Gasteiger partial charge in [-0.3, -0.25) is 0 Å². The molecule has 0 saturated carbocycles. The summed E-state index contributed by atoms with van der Waals surface area (Å²) in [4.78, 5) is 16.6. The lowest BCUT2D eigenvalue weighted by atomic mass is 9.97. The van der Waals surface area contributed by atoms with Gasteiger partial charge in [0.15, 0.2) is 0 Å². The summed E-state index contributed by atoms with van der Waals surface area (Å²) in [5, 5.41) is 14.4. The zero-order chi connectivity index (χ0) is 13.7. The fourth-order valence-electron chi connectivity index (χ4n) is 2.55. The van der Waals surface area contributed by atoms with E-state index >= 15 is 0 Å². The van der Waals surface area contributed by atoms with Crippen molar-refractivity contribution in [2.75, 3.05) is 31.1 Å². The number of nitrogens with one attached hydrogen (secondary N) is 1. The average Bonchev–Trinajstić information content (AvgIpc) is 2.46. The summed E-state index contributed by atoms with van der Waals surface area (Å²) in [6, 6.07) is 3.54. The molecular formula is C13H20N4O2. The van der Waals surface area contributed by atoms with Crippen LogP contribution in [0.5, 0.6) is 0 Å². The Morgan fingerprint density at radius 2 is 2.26 bits per heavy atom. The van der Waals surface area contributed by atoms with E-state index in [-0.39, 0.29) is 5.82 Å². The average molecular weight is 264 g/mol. The molecule has 0 unspecified atom stereocenters. The van der Waals surface area contributed by atoms with Crippen molar-refractivity contribution in [2.24, 2.45) is 5.92 Å². The van der Waals surface area contributed by atoms with Crippen molar-refractivity contribution in [1.29, 1.82) is 0 Å². The minimum atomic E-state index is -0.402. The lowest BCUT2D eigenvalue weighted by Gasteiger charge is -2.30. The van der Waals surface area contributed by atoms with Gasteiger partial charge in [-0.05, 0) is 60.8 Å². The molecule has 1 saturated heterocycles. The summed E-state index contributed by atoms with van der Waals surface area (Å²) in [5.74, 6) is 0.555. The number of nitrogens with zero attached hydrogens (tertiary/aromatic N) is 3. The highest BCUT2D eigenvalue weighted by Gasteiger charge is 2.22. The molecule has 2 heterocycles. The van der Waals surface area contributed by atoms with E-state index in [2.05, 4.69) is 15.2 Å². The first-order valence-corrected chi connectivity index (χ1v) is 6.77. The summed E-state index contributed by atoms with van der Waals surface area (Å²) < 4.78 is 0. The van der Waals surface area contributed by atoms with Gasteiger partial charge in [-0.15, -0.1) is 0 Å². The van der Waals surface area contributed by atoms with Gasteiger partial charge in [0.2, 0.25) is 0 Å². The van der Waals surface area contributed by atoms with E-state index in [1.54, 1.807) is 12.1 Å². The van der Waals surface area contributed by atoms with E-state index in [9.17, 15) is 10.1 Å². The van der Waals surface area contributed by atoms with Crippen LogP contribution < -0.4 is 10.2 Å². The number of nitro groups is 1. The smallest absolute Gasteiger partial charge is 0.365 e. The van der Waals surface area contributed by atoms with Gasteiger partial charge in [-0.25, -0.2) is 0 Å². The molecule has 1 fully saturated rings. The maximum Gasteiger partial charge on any atom is 0.387 e. The van der Waals surface area contributed by atoms with Gasteiger partial charge in [0.05, 0.1) is 0 Å². The van der Waals surface area contributed by atoms with Crippen LogP contribution in [0.4, 0.5) is 11.5 Å². The molecule has 104 valence electrons. The van der Waals surface area contributed by atoms with Crippen molar-refractivity contribution >= 4 is 11.5 Å². The van der Waals surface area contributed by atoms with Crippen molar-refractivity contribution in [3.8, 4) is 0 Å². The number of anilines is 1. The Bertz CT molecular complexity index is 432. The molecule has 0 aliphatic carbocycles. The van der Waals surface area contributed by atoms with Crippen molar-refractivity contribution in [2.45, 2.75) is 19.8 Å². The van der Waals surface area contributed by atoms with Gasteiger partial charge >= 0.3 is 5.82 Å². The second kappa shape index (κ2) is 6.47. The van der Waals surface area contributed by atoms with E-state index in [0.29, 0.717) is 11.6 Å². The van der Waals surface area contributed by atoms with E-state index < -0.39 is 4.92 Å². The Kier molecular flexibility index (Phi) is 4.68. The largest absolute Gasteiger partial charge is 0.387 e. The minimum absolute atomic E-state index is 0.0433. The van der Waals surface area contributed by atoms with Crippen LogP contribution in [0.2, 0.25) is 0 Å². The zero-order valence-electron chi connectivity index (χ0n) is 11.2. The van der Waals surface area contributed by atoms with Crippen LogP contribution >= 0.6 is 0 Å². The Hall–Kier alpha value is -1.69. The van der Waals surface area contributed by atoms with Gasteiger partial charge in [-0.1, -0.05) is 0 Å². The number of hydrogen-bond donors (Lipinski definition) is 1. The maximum absolute atomic E-state index is 11.0. The van der Waals surface area contributed by atoms with Gasteiger partial charge in [-0.2, -0.15) is 0 Å². The van der Waals surface area contributed by atoms with Crippen molar-refractivity contribution < 1.29 is 4.92 Å². The standard InChI is InChI=1S/C13H20N4O2/c1-2-16(10-11-5-8-14-9-6-11)12-4-3-7-15-13(12)17(18)19/h3-4,7,11,14H,2,5-6,8-10H2,1H3. The molecule has 6 nitrogen and oxygen atoms in total. The molecule has 1 aromatic heterocycles. The molecule has 1 aliphatic heterocycles. The first-order chi connectivity index (χ1) is 9.22. The first kappa shape index (κ1) is 13.7. The van der Waals surface area contributed by atoms with Crippen LogP contribution in [0, 0.1) is 16.0 Å². The van der Waals surface area contributed by atoms with E-state index in [4.69, 9.17) is 0 Å². The lowest BCUT2D eigenvalue weighted by molar-refractivity contribution is -0.388. The third-order valence-electron chi connectivity index (χ3n) is 3.60. The summed E-state index contributed by atoms with van der Waals surface area (Å²) >= 11 is 0. The SMILES string of the molecule is CCN(CC1CCNCC1)c1cccnc1[N+](=O)[O-].